The van der Waals surface area contributed by atoms with Crippen LogP contribution in [0.1, 0.15) is 17.5 Å². The molecule has 0 atom stereocenters. The van der Waals surface area contributed by atoms with Gasteiger partial charge in [-0.2, -0.15) is 0 Å². The van der Waals surface area contributed by atoms with Gasteiger partial charge in [0, 0.05) is 17.8 Å². The molecular weight excluding hydrogens is 390 g/mol. The van der Waals surface area contributed by atoms with Crippen molar-refractivity contribution in [2.24, 2.45) is 0 Å². The summed E-state index contributed by atoms with van der Waals surface area (Å²) in [6.07, 6.45) is 3.41. The molecule has 0 aliphatic rings. The molecule has 0 saturated carbocycles. The van der Waals surface area contributed by atoms with Crippen LogP contribution in [-0.4, -0.2) is 24.2 Å². The number of nitrogens with one attached hydrogen (secondary N) is 1. The lowest BCUT2D eigenvalue weighted by Crippen LogP contribution is -2.08. The van der Waals surface area contributed by atoms with E-state index in [2.05, 4.69) is 11.9 Å². The Kier molecular flexibility index (Phi) is 8.12. The quantitative estimate of drug-likeness (QED) is 0.292. The van der Waals surface area contributed by atoms with Crippen molar-refractivity contribution in [1.82, 2.24) is 0 Å². The second-order valence-corrected chi connectivity index (χ2v) is 7.07. The van der Waals surface area contributed by atoms with Crippen LogP contribution in [0, 0.1) is 0 Å². The minimum Gasteiger partial charge on any atom is -0.493 e. The van der Waals surface area contributed by atoms with Gasteiger partial charge in [-0.05, 0) is 60.9 Å². The third-order valence-corrected chi connectivity index (χ3v) is 4.59. The summed E-state index contributed by atoms with van der Waals surface area (Å²) in [5.41, 5.74) is 2.78. The van der Waals surface area contributed by atoms with Gasteiger partial charge in [-0.3, -0.25) is 4.79 Å². The first kappa shape index (κ1) is 22.0. The smallest absolute Gasteiger partial charge is 0.307 e. The molecule has 0 fully saturated rings. The lowest BCUT2D eigenvalue weighted by Gasteiger charge is -2.13. The van der Waals surface area contributed by atoms with Gasteiger partial charge in [-0.25, -0.2) is 0 Å². The number of para-hydroxylation sites is 1. The number of benzene rings is 3. The zero-order valence-corrected chi connectivity index (χ0v) is 17.4. The summed E-state index contributed by atoms with van der Waals surface area (Å²) in [4.78, 5) is 10.7. The van der Waals surface area contributed by atoms with Crippen LogP contribution in [0.4, 0.5) is 5.69 Å². The van der Waals surface area contributed by atoms with E-state index < -0.39 is 5.97 Å². The Morgan fingerprint density at radius 1 is 1.00 bits per heavy atom. The average Bonchev–Trinajstić information content (AvgIpc) is 2.76. The highest BCUT2D eigenvalue weighted by atomic mass is 16.5. The van der Waals surface area contributed by atoms with Crippen LogP contribution in [0.5, 0.6) is 17.2 Å². The second-order valence-electron chi connectivity index (χ2n) is 7.07. The summed E-state index contributed by atoms with van der Waals surface area (Å²) in [6.45, 7) is 5.17. The van der Waals surface area contributed by atoms with Gasteiger partial charge in [0.15, 0.2) is 0 Å². The molecule has 0 unspecified atom stereocenters. The molecule has 31 heavy (non-hydrogen) atoms. The molecule has 0 bridgehead atoms. The van der Waals surface area contributed by atoms with Gasteiger partial charge in [0.05, 0.1) is 13.0 Å². The molecule has 0 aromatic heterocycles. The van der Waals surface area contributed by atoms with Gasteiger partial charge in [0.1, 0.15) is 17.2 Å². The first-order chi connectivity index (χ1) is 15.1. The predicted octanol–water partition coefficient (Wildman–Crippen LogP) is 5.72. The van der Waals surface area contributed by atoms with Crippen LogP contribution >= 0.6 is 0 Å². The Bertz CT molecular complexity index is 984. The summed E-state index contributed by atoms with van der Waals surface area (Å²) in [5, 5.41) is 12.1. The first-order valence-corrected chi connectivity index (χ1v) is 10.3. The maximum Gasteiger partial charge on any atom is 0.307 e. The number of allylic oxidation sites excluding steroid dienone is 1. The molecule has 5 heteroatoms. The van der Waals surface area contributed by atoms with E-state index in [0.29, 0.717) is 13.0 Å². The number of aliphatic carboxylic acids is 1. The number of carbonyl (C=O) groups is 1. The van der Waals surface area contributed by atoms with E-state index in [1.807, 2.05) is 78.9 Å². The molecule has 0 aliphatic heterocycles. The van der Waals surface area contributed by atoms with Crippen LogP contribution in [-0.2, 0) is 17.6 Å². The molecule has 0 amide bonds. The summed E-state index contributed by atoms with van der Waals surface area (Å²) in [7, 11) is 0. The number of hydrogen-bond donors (Lipinski definition) is 2. The first-order valence-electron chi connectivity index (χ1n) is 10.3. The van der Waals surface area contributed by atoms with Crippen molar-refractivity contribution in [3.63, 3.8) is 0 Å². The maximum atomic E-state index is 10.7. The summed E-state index contributed by atoms with van der Waals surface area (Å²) in [5.74, 6) is 1.57. The van der Waals surface area contributed by atoms with Gasteiger partial charge in [0.25, 0.3) is 0 Å². The molecule has 0 heterocycles. The van der Waals surface area contributed by atoms with Crippen molar-refractivity contribution in [3.8, 4) is 17.2 Å². The number of hydrogen-bond acceptors (Lipinski definition) is 4. The fourth-order valence-electron chi connectivity index (χ4n) is 3.10. The van der Waals surface area contributed by atoms with E-state index in [0.717, 1.165) is 47.0 Å². The molecule has 3 aromatic rings. The zero-order chi connectivity index (χ0) is 21.9. The SMILES string of the molecule is C=CCc1cc(Oc2ccccc2)ccc1OCCCNc1ccc(CC(=O)O)cc1. The van der Waals surface area contributed by atoms with E-state index in [1.54, 1.807) is 0 Å². The van der Waals surface area contributed by atoms with E-state index in [-0.39, 0.29) is 6.42 Å². The Labute approximate surface area is 183 Å². The number of anilines is 1. The molecule has 0 saturated heterocycles. The third-order valence-electron chi connectivity index (χ3n) is 4.59. The predicted molar refractivity (Wildman–Crippen MR) is 123 cm³/mol. The standard InChI is InChI=1S/C26H27NO4/c1-2-7-21-19-24(31-23-8-4-3-5-9-23)14-15-25(21)30-17-6-16-27-22-12-10-20(11-13-22)18-26(28)29/h2-5,8-15,19,27H,1,6-7,16-18H2,(H,28,29). The van der Waals surface area contributed by atoms with Gasteiger partial charge < -0.3 is 19.9 Å². The Morgan fingerprint density at radius 3 is 2.48 bits per heavy atom. The molecule has 0 spiro atoms. The molecule has 0 radical (unpaired) electrons. The zero-order valence-electron chi connectivity index (χ0n) is 17.4. The summed E-state index contributed by atoms with van der Waals surface area (Å²) < 4.78 is 11.9. The van der Waals surface area contributed by atoms with Gasteiger partial charge in [-0.15, -0.1) is 6.58 Å². The van der Waals surface area contributed by atoms with E-state index in [4.69, 9.17) is 14.6 Å². The average molecular weight is 418 g/mol. The Balaban J connectivity index is 1.48. The minimum absolute atomic E-state index is 0.0380. The van der Waals surface area contributed by atoms with Gasteiger partial charge in [-0.1, -0.05) is 36.4 Å². The topological polar surface area (TPSA) is 67.8 Å². The Hall–Kier alpha value is -3.73. The highest BCUT2D eigenvalue weighted by molar-refractivity contribution is 5.70. The molecule has 3 rings (SSSR count). The minimum atomic E-state index is -0.826. The van der Waals surface area contributed by atoms with Crippen molar-refractivity contribution in [3.05, 3.63) is 96.6 Å². The van der Waals surface area contributed by atoms with E-state index >= 15 is 0 Å². The van der Waals surface area contributed by atoms with Crippen LogP contribution in [0.2, 0.25) is 0 Å². The van der Waals surface area contributed by atoms with Crippen LogP contribution in [0.15, 0.2) is 85.5 Å². The molecule has 0 aliphatic carbocycles. The summed E-state index contributed by atoms with van der Waals surface area (Å²) >= 11 is 0. The number of ether oxygens (including phenoxy) is 2. The maximum absolute atomic E-state index is 10.7. The summed E-state index contributed by atoms with van der Waals surface area (Å²) in [6, 6.07) is 23.0. The van der Waals surface area contributed by atoms with Crippen molar-refractivity contribution in [2.75, 3.05) is 18.5 Å². The fraction of sp³-hybridized carbons (Fsp3) is 0.192. The van der Waals surface area contributed by atoms with E-state index in [1.165, 1.54) is 0 Å². The molecule has 160 valence electrons. The lowest BCUT2D eigenvalue weighted by molar-refractivity contribution is -0.136. The van der Waals surface area contributed by atoms with Crippen molar-refractivity contribution >= 4 is 11.7 Å². The molecule has 3 aromatic carbocycles. The molecular formula is C26H27NO4. The third kappa shape index (κ3) is 7.23. The number of carboxylic acid groups (broad SMARTS) is 1. The molecule has 5 nitrogen and oxygen atoms in total. The van der Waals surface area contributed by atoms with Crippen LogP contribution in [0.25, 0.3) is 0 Å². The normalized spacial score (nSPS) is 10.3. The van der Waals surface area contributed by atoms with Crippen molar-refractivity contribution < 1.29 is 19.4 Å². The van der Waals surface area contributed by atoms with Crippen LogP contribution < -0.4 is 14.8 Å². The highest BCUT2D eigenvalue weighted by Gasteiger charge is 2.06. The van der Waals surface area contributed by atoms with Crippen molar-refractivity contribution in [2.45, 2.75) is 19.3 Å². The Morgan fingerprint density at radius 2 is 1.77 bits per heavy atom. The van der Waals surface area contributed by atoms with Crippen LogP contribution in [0.3, 0.4) is 0 Å². The van der Waals surface area contributed by atoms with Gasteiger partial charge in [0.2, 0.25) is 0 Å². The second kappa shape index (κ2) is 11.5. The highest BCUT2D eigenvalue weighted by Crippen LogP contribution is 2.28. The number of carboxylic acids is 1. The van der Waals surface area contributed by atoms with Crippen molar-refractivity contribution in [1.29, 1.82) is 0 Å². The monoisotopic (exact) mass is 417 g/mol. The largest absolute Gasteiger partial charge is 0.493 e. The molecule has 2 N–H and O–H groups in total. The fourth-order valence-corrected chi connectivity index (χ4v) is 3.10. The number of rotatable bonds is 12. The lowest BCUT2D eigenvalue weighted by atomic mass is 10.1. The van der Waals surface area contributed by atoms with E-state index in [9.17, 15) is 4.79 Å². The van der Waals surface area contributed by atoms with Gasteiger partial charge >= 0.3 is 5.97 Å².